The second-order valence-electron chi connectivity index (χ2n) is 4.01. The number of carbonyl (C=O) groups excluding carboxylic acids is 1. The van der Waals surface area contributed by atoms with Gasteiger partial charge in [0, 0.05) is 11.9 Å². The summed E-state index contributed by atoms with van der Waals surface area (Å²) >= 11 is 0. The number of carbonyl (C=O) groups is 1. The molecule has 4 heteroatoms. The van der Waals surface area contributed by atoms with Gasteiger partial charge in [0.15, 0.2) is 0 Å². The van der Waals surface area contributed by atoms with E-state index in [-0.39, 0.29) is 29.6 Å². The van der Waals surface area contributed by atoms with Gasteiger partial charge in [0.05, 0.1) is 7.11 Å². The van der Waals surface area contributed by atoms with Crippen LogP contribution in [0.3, 0.4) is 0 Å². The number of aliphatic carboxylic acids is 1. The average molecular weight is 252 g/mol. The Morgan fingerprint density at radius 1 is 1.17 bits per heavy atom. The van der Waals surface area contributed by atoms with E-state index >= 15 is 0 Å². The van der Waals surface area contributed by atoms with Gasteiger partial charge in [-0.2, -0.15) is 0 Å². The Balaban J connectivity index is 0.00000162. The van der Waals surface area contributed by atoms with Crippen molar-refractivity contribution in [1.29, 1.82) is 0 Å². The third-order valence-corrected chi connectivity index (χ3v) is 2.93. The van der Waals surface area contributed by atoms with Crippen LogP contribution in [0.5, 0.6) is 5.75 Å². The van der Waals surface area contributed by atoms with E-state index in [4.69, 9.17) is 4.74 Å². The summed E-state index contributed by atoms with van der Waals surface area (Å²) in [6.45, 7) is 1.63. The standard InChI is InChI=1S/C14H14O3.Na/c1-9(14(15)16)10-3-4-12-8-13(17-2)6-5-11(12)7-10;/h3-9H,1-2H3,(H,15,16);/q;+1/p-1. The molecule has 0 aliphatic rings. The summed E-state index contributed by atoms with van der Waals surface area (Å²) in [6, 6.07) is 11.3. The van der Waals surface area contributed by atoms with E-state index in [1.54, 1.807) is 14.0 Å². The van der Waals surface area contributed by atoms with E-state index in [1.165, 1.54) is 0 Å². The molecule has 0 amide bonds. The van der Waals surface area contributed by atoms with E-state index in [0.29, 0.717) is 0 Å². The van der Waals surface area contributed by atoms with Crippen LogP contribution < -0.4 is 39.4 Å². The predicted molar refractivity (Wildman–Crippen MR) is 63.9 cm³/mol. The largest absolute Gasteiger partial charge is 1.00 e. The molecule has 0 aliphatic heterocycles. The zero-order valence-electron chi connectivity index (χ0n) is 10.8. The molecule has 0 aliphatic carbocycles. The number of hydrogen-bond donors (Lipinski definition) is 0. The molecule has 0 radical (unpaired) electrons. The maximum absolute atomic E-state index is 10.8. The van der Waals surface area contributed by atoms with E-state index in [2.05, 4.69) is 0 Å². The average Bonchev–Trinajstić information content (AvgIpc) is 2.36. The fraction of sp³-hybridized carbons (Fsp3) is 0.214. The number of carboxylic acids is 1. The van der Waals surface area contributed by atoms with Gasteiger partial charge in [-0.15, -0.1) is 0 Å². The topological polar surface area (TPSA) is 49.4 Å². The minimum Gasteiger partial charge on any atom is -0.550 e. The van der Waals surface area contributed by atoms with Crippen molar-refractivity contribution in [3.63, 3.8) is 0 Å². The number of ether oxygens (including phenoxy) is 1. The molecule has 2 aromatic rings. The Morgan fingerprint density at radius 3 is 2.39 bits per heavy atom. The molecular formula is C14H13NaO3. The number of benzene rings is 2. The van der Waals surface area contributed by atoms with E-state index in [1.807, 2.05) is 36.4 Å². The molecule has 0 aromatic heterocycles. The first-order chi connectivity index (χ1) is 8.11. The fourth-order valence-corrected chi connectivity index (χ4v) is 1.77. The zero-order chi connectivity index (χ0) is 12.4. The van der Waals surface area contributed by atoms with Gasteiger partial charge in [-0.05, 0) is 28.5 Å². The van der Waals surface area contributed by atoms with Gasteiger partial charge in [0.2, 0.25) is 0 Å². The summed E-state index contributed by atoms with van der Waals surface area (Å²) in [5.41, 5.74) is 0.752. The van der Waals surface area contributed by atoms with Crippen LogP contribution in [0.15, 0.2) is 36.4 Å². The molecule has 0 spiro atoms. The molecule has 0 fully saturated rings. The van der Waals surface area contributed by atoms with Crippen molar-refractivity contribution in [3.8, 4) is 5.75 Å². The first kappa shape index (κ1) is 15.0. The summed E-state index contributed by atoms with van der Waals surface area (Å²) in [5, 5.41) is 12.8. The monoisotopic (exact) mass is 252 g/mol. The van der Waals surface area contributed by atoms with E-state index in [0.717, 1.165) is 22.1 Å². The van der Waals surface area contributed by atoms with Gasteiger partial charge < -0.3 is 14.6 Å². The molecule has 0 heterocycles. The van der Waals surface area contributed by atoms with Crippen LogP contribution in [0.1, 0.15) is 18.4 Å². The molecule has 0 saturated heterocycles. The summed E-state index contributed by atoms with van der Waals surface area (Å²) in [4.78, 5) is 10.8. The maximum Gasteiger partial charge on any atom is 1.00 e. The Kier molecular flexibility index (Phi) is 5.20. The molecule has 2 aromatic carbocycles. The smallest absolute Gasteiger partial charge is 0.550 e. The SMILES string of the molecule is COc1ccc2cc(C(C)C(=O)[O-])ccc2c1.[Na+]. The Morgan fingerprint density at radius 2 is 1.78 bits per heavy atom. The molecule has 88 valence electrons. The van der Waals surface area contributed by atoms with Gasteiger partial charge in [-0.1, -0.05) is 31.2 Å². The van der Waals surface area contributed by atoms with Crippen LogP contribution in [0.25, 0.3) is 10.8 Å². The summed E-state index contributed by atoms with van der Waals surface area (Å²) in [5.74, 6) is -0.863. The molecule has 0 saturated carbocycles. The second kappa shape index (κ2) is 6.23. The quantitative estimate of drug-likeness (QED) is 0.638. The first-order valence-corrected chi connectivity index (χ1v) is 5.40. The number of rotatable bonds is 3. The van der Waals surface area contributed by atoms with Crippen molar-refractivity contribution in [2.24, 2.45) is 0 Å². The van der Waals surface area contributed by atoms with Crippen molar-refractivity contribution in [2.75, 3.05) is 7.11 Å². The number of fused-ring (bicyclic) bond motifs is 1. The van der Waals surface area contributed by atoms with Gasteiger partial charge in [-0.3, -0.25) is 0 Å². The summed E-state index contributed by atoms with van der Waals surface area (Å²) < 4.78 is 5.13. The van der Waals surface area contributed by atoms with Crippen LogP contribution in [0, 0.1) is 0 Å². The number of hydrogen-bond acceptors (Lipinski definition) is 3. The van der Waals surface area contributed by atoms with Gasteiger partial charge in [0.25, 0.3) is 0 Å². The van der Waals surface area contributed by atoms with E-state index in [9.17, 15) is 9.90 Å². The normalized spacial score (nSPS) is 11.7. The summed E-state index contributed by atoms with van der Waals surface area (Å²) in [7, 11) is 1.62. The molecule has 2 rings (SSSR count). The first-order valence-electron chi connectivity index (χ1n) is 5.40. The Bertz CT molecular complexity index is 566. The molecule has 1 atom stereocenters. The van der Waals surface area contributed by atoms with Crippen molar-refractivity contribution < 1.29 is 44.2 Å². The van der Waals surface area contributed by atoms with E-state index < -0.39 is 11.9 Å². The van der Waals surface area contributed by atoms with Crippen molar-refractivity contribution >= 4 is 16.7 Å². The number of carboxylic acid groups (broad SMARTS) is 1. The molecule has 1 unspecified atom stereocenters. The van der Waals surface area contributed by atoms with Gasteiger partial charge >= 0.3 is 29.6 Å². The molecule has 18 heavy (non-hydrogen) atoms. The van der Waals surface area contributed by atoms with Crippen molar-refractivity contribution in [1.82, 2.24) is 0 Å². The van der Waals surface area contributed by atoms with Gasteiger partial charge in [0.1, 0.15) is 5.75 Å². The van der Waals surface area contributed by atoms with Crippen molar-refractivity contribution in [3.05, 3.63) is 42.0 Å². The second-order valence-corrected chi connectivity index (χ2v) is 4.01. The Hall–Kier alpha value is -1.03. The number of methoxy groups -OCH3 is 1. The van der Waals surface area contributed by atoms with Crippen molar-refractivity contribution in [2.45, 2.75) is 12.8 Å². The summed E-state index contributed by atoms with van der Waals surface area (Å²) in [6.07, 6.45) is 0. The zero-order valence-corrected chi connectivity index (χ0v) is 12.8. The maximum atomic E-state index is 10.8. The predicted octanol–water partition coefficient (Wildman–Crippen LogP) is -1.29. The third-order valence-electron chi connectivity index (χ3n) is 2.93. The third kappa shape index (κ3) is 3.05. The van der Waals surface area contributed by atoms with Crippen LogP contribution in [0.2, 0.25) is 0 Å². The fourth-order valence-electron chi connectivity index (χ4n) is 1.77. The van der Waals surface area contributed by atoms with Crippen LogP contribution in [-0.4, -0.2) is 13.1 Å². The van der Waals surface area contributed by atoms with Crippen LogP contribution in [-0.2, 0) is 4.79 Å². The van der Waals surface area contributed by atoms with Gasteiger partial charge in [-0.25, -0.2) is 0 Å². The minimum atomic E-state index is -1.06. The minimum absolute atomic E-state index is 0. The molecule has 3 nitrogen and oxygen atoms in total. The molecule has 0 bridgehead atoms. The van der Waals surface area contributed by atoms with Crippen LogP contribution >= 0.6 is 0 Å². The molecular weight excluding hydrogens is 239 g/mol. The molecule has 0 N–H and O–H groups in total. The van der Waals surface area contributed by atoms with Crippen LogP contribution in [0.4, 0.5) is 0 Å². The Labute approximate surface area is 128 Å².